The molecule has 0 spiro atoms. The fraction of sp³-hybridized carbons (Fsp3) is 0.636. The fourth-order valence-electron chi connectivity index (χ4n) is 1.88. The molecule has 1 unspecified atom stereocenters. The molecule has 0 saturated heterocycles. The molecule has 3 heteroatoms. The van der Waals surface area contributed by atoms with Crippen LogP contribution in [0.1, 0.15) is 30.2 Å². The molecule has 1 atom stereocenters. The first kappa shape index (κ1) is 10.1. The fourth-order valence-corrected chi connectivity index (χ4v) is 2.60. The first-order valence-corrected chi connectivity index (χ1v) is 6.14. The quantitative estimate of drug-likeness (QED) is 0.825. The van der Waals surface area contributed by atoms with Gasteiger partial charge < -0.3 is 10.6 Å². The maximum absolute atomic E-state index is 6.13. The van der Waals surface area contributed by atoms with Gasteiger partial charge in [0.25, 0.3) is 0 Å². The Morgan fingerprint density at radius 2 is 2.43 bits per heavy atom. The molecular formula is C11H18N2S. The van der Waals surface area contributed by atoms with E-state index in [9.17, 15) is 0 Å². The van der Waals surface area contributed by atoms with Crippen molar-refractivity contribution >= 4 is 11.3 Å². The summed E-state index contributed by atoms with van der Waals surface area (Å²) in [5.41, 5.74) is 6.13. The zero-order valence-corrected chi connectivity index (χ0v) is 9.46. The van der Waals surface area contributed by atoms with Gasteiger partial charge in [0, 0.05) is 17.5 Å². The summed E-state index contributed by atoms with van der Waals surface area (Å²) in [4.78, 5) is 3.71. The maximum Gasteiger partial charge on any atom is 0.0519 e. The van der Waals surface area contributed by atoms with Crippen molar-refractivity contribution in [3.8, 4) is 0 Å². The molecule has 1 aromatic rings. The summed E-state index contributed by atoms with van der Waals surface area (Å²) in [6, 6.07) is 5.19. The highest BCUT2D eigenvalue weighted by molar-refractivity contribution is 7.10. The van der Waals surface area contributed by atoms with Gasteiger partial charge in [0.2, 0.25) is 0 Å². The number of hydrogen-bond donors (Lipinski definition) is 1. The molecule has 0 bridgehead atoms. The van der Waals surface area contributed by atoms with Crippen molar-refractivity contribution in [1.29, 1.82) is 0 Å². The second kappa shape index (κ2) is 4.43. The van der Waals surface area contributed by atoms with Gasteiger partial charge in [-0.05, 0) is 31.3 Å². The maximum atomic E-state index is 6.13. The van der Waals surface area contributed by atoms with Crippen molar-refractivity contribution in [2.24, 2.45) is 5.73 Å². The summed E-state index contributed by atoms with van der Waals surface area (Å²) >= 11 is 1.76. The van der Waals surface area contributed by atoms with Crippen LogP contribution in [0.15, 0.2) is 17.5 Å². The van der Waals surface area contributed by atoms with Crippen LogP contribution in [-0.2, 0) is 0 Å². The Morgan fingerprint density at radius 1 is 1.64 bits per heavy atom. The molecule has 14 heavy (non-hydrogen) atoms. The zero-order valence-electron chi connectivity index (χ0n) is 8.65. The highest BCUT2D eigenvalue weighted by Crippen LogP contribution is 2.25. The van der Waals surface area contributed by atoms with Gasteiger partial charge in [-0.3, -0.25) is 0 Å². The summed E-state index contributed by atoms with van der Waals surface area (Å²) in [6.45, 7) is 0.991. The van der Waals surface area contributed by atoms with Crippen LogP contribution in [0.4, 0.5) is 0 Å². The average molecular weight is 210 g/mol. The van der Waals surface area contributed by atoms with Crippen molar-refractivity contribution < 1.29 is 0 Å². The lowest BCUT2D eigenvalue weighted by Crippen LogP contribution is -2.40. The van der Waals surface area contributed by atoms with Crippen LogP contribution < -0.4 is 5.73 Å². The van der Waals surface area contributed by atoms with Crippen molar-refractivity contribution in [2.75, 3.05) is 13.6 Å². The van der Waals surface area contributed by atoms with Crippen LogP contribution >= 0.6 is 11.3 Å². The Kier molecular flexibility index (Phi) is 3.21. The Balaban J connectivity index is 1.84. The molecule has 2 rings (SSSR count). The first-order valence-electron chi connectivity index (χ1n) is 5.26. The molecular weight excluding hydrogens is 192 g/mol. The Hall–Kier alpha value is -0.380. The SMILES string of the molecule is CN(CC(N)c1cccs1)C1CCC1. The number of thiophene rings is 1. The molecule has 0 aromatic carbocycles. The third-order valence-electron chi connectivity index (χ3n) is 3.09. The van der Waals surface area contributed by atoms with Crippen LogP contribution in [0.5, 0.6) is 0 Å². The monoisotopic (exact) mass is 210 g/mol. The van der Waals surface area contributed by atoms with Crippen molar-refractivity contribution in [3.63, 3.8) is 0 Å². The molecule has 0 aliphatic heterocycles. The number of rotatable bonds is 4. The van der Waals surface area contributed by atoms with Crippen LogP contribution in [0.25, 0.3) is 0 Å². The van der Waals surface area contributed by atoms with E-state index in [-0.39, 0.29) is 6.04 Å². The summed E-state index contributed by atoms with van der Waals surface area (Å²) in [5, 5.41) is 2.10. The zero-order chi connectivity index (χ0) is 9.97. The van der Waals surface area contributed by atoms with E-state index in [1.165, 1.54) is 24.1 Å². The number of hydrogen-bond acceptors (Lipinski definition) is 3. The van der Waals surface area contributed by atoms with Crippen LogP contribution in [0.3, 0.4) is 0 Å². The topological polar surface area (TPSA) is 29.3 Å². The van der Waals surface area contributed by atoms with Crippen molar-refractivity contribution in [3.05, 3.63) is 22.4 Å². The molecule has 0 amide bonds. The average Bonchev–Trinajstić information content (AvgIpc) is 2.51. The minimum absolute atomic E-state index is 0.195. The van der Waals surface area contributed by atoms with Crippen molar-refractivity contribution in [1.82, 2.24) is 4.90 Å². The van der Waals surface area contributed by atoms with Crippen LogP contribution in [0.2, 0.25) is 0 Å². The van der Waals surface area contributed by atoms with Gasteiger partial charge in [-0.15, -0.1) is 11.3 Å². The van der Waals surface area contributed by atoms with E-state index < -0.39 is 0 Å². The molecule has 0 radical (unpaired) electrons. The van der Waals surface area contributed by atoms with Crippen LogP contribution in [-0.4, -0.2) is 24.5 Å². The van der Waals surface area contributed by atoms with Crippen LogP contribution in [0, 0.1) is 0 Å². The van der Waals surface area contributed by atoms with E-state index in [0.717, 1.165) is 12.6 Å². The van der Waals surface area contributed by atoms with E-state index in [4.69, 9.17) is 5.73 Å². The Morgan fingerprint density at radius 3 is 2.93 bits per heavy atom. The lowest BCUT2D eigenvalue weighted by molar-refractivity contribution is 0.152. The Bertz CT molecular complexity index is 267. The predicted octanol–water partition coefficient (Wildman–Crippen LogP) is 2.23. The van der Waals surface area contributed by atoms with Gasteiger partial charge in [0.05, 0.1) is 6.04 Å². The third-order valence-corrected chi connectivity index (χ3v) is 4.10. The third kappa shape index (κ3) is 2.16. The minimum Gasteiger partial charge on any atom is -0.322 e. The molecule has 1 aromatic heterocycles. The summed E-state index contributed by atoms with van der Waals surface area (Å²) in [5.74, 6) is 0. The number of nitrogens with zero attached hydrogens (tertiary/aromatic N) is 1. The summed E-state index contributed by atoms with van der Waals surface area (Å²) in [7, 11) is 2.19. The predicted molar refractivity (Wildman–Crippen MR) is 61.5 cm³/mol. The molecule has 1 saturated carbocycles. The summed E-state index contributed by atoms with van der Waals surface area (Å²) < 4.78 is 0. The normalized spacial score (nSPS) is 19.6. The van der Waals surface area contributed by atoms with Gasteiger partial charge in [0.15, 0.2) is 0 Å². The smallest absolute Gasteiger partial charge is 0.0519 e. The standard InChI is InChI=1S/C11H18N2S/c1-13(9-4-2-5-9)8-10(12)11-6-3-7-14-11/h3,6-7,9-10H,2,4-5,8,12H2,1H3. The number of nitrogens with two attached hydrogens (primary N) is 1. The first-order chi connectivity index (χ1) is 6.77. The highest BCUT2D eigenvalue weighted by Gasteiger charge is 2.23. The van der Waals surface area contributed by atoms with E-state index in [1.54, 1.807) is 11.3 Å². The van der Waals surface area contributed by atoms with Gasteiger partial charge in [-0.2, -0.15) is 0 Å². The van der Waals surface area contributed by atoms with E-state index >= 15 is 0 Å². The molecule has 1 aliphatic carbocycles. The lowest BCUT2D eigenvalue weighted by atomic mass is 9.91. The highest BCUT2D eigenvalue weighted by atomic mass is 32.1. The van der Waals surface area contributed by atoms with Gasteiger partial charge in [0.1, 0.15) is 0 Å². The number of likely N-dealkylation sites (N-methyl/N-ethyl adjacent to an activating group) is 1. The molecule has 78 valence electrons. The Labute approximate surface area is 89.7 Å². The van der Waals surface area contributed by atoms with E-state index in [2.05, 4.69) is 29.5 Å². The summed E-state index contributed by atoms with van der Waals surface area (Å²) in [6.07, 6.45) is 4.10. The largest absolute Gasteiger partial charge is 0.322 e. The molecule has 1 fully saturated rings. The van der Waals surface area contributed by atoms with Crippen molar-refractivity contribution in [2.45, 2.75) is 31.3 Å². The van der Waals surface area contributed by atoms with E-state index in [1.807, 2.05) is 0 Å². The second-order valence-corrected chi connectivity index (χ2v) is 5.13. The van der Waals surface area contributed by atoms with Gasteiger partial charge >= 0.3 is 0 Å². The molecule has 2 N–H and O–H groups in total. The molecule has 1 heterocycles. The lowest BCUT2D eigenvalue weighted by Gasteiger charge is -2.35. The van der Waals surface area contributed by atoms with Gasteiger partial charge in [-0.1, -0.05) is 12.5 Å². The van der Waals surface area contributed by atoms with E-state index in [0.29, 0.717) is 0 Å². The molecule has 1 aliphatic rings. The minimum atomic E-state index is 0.195. The van der Waals surface area contributed by atoms with Gasteiger partial charge in [-0.25, -0.2) is 0 Å². The molecule has 2 nitrogen and oxygen atoms in total. The second-order valence-electron chi connectivity index (χ2n) is 4.15.